The van der Waals surface area contributed by atoms with Gasteiger partial charge in [-0.05, 0) is 36.1 Å². The zero-order chi connectivity index (χ0) is 17.3. The SMILES string of the molecule is CCc1cc(N2CCc3ccc(S(N)(=O)=O)cc3C2)nc(NC)n1. The second kappa shape index (κ2) is 6.37. The average molecular weight is 347 g/mol. The second-order valence-electron chi connectivity index (χ2n) is 5.79. The summed E-state index contributed by atoms with van der Waals surface area (Å²) < 4.78 is 23.1. The first kappa shape index (κ1) is 16.7. The molecule has 3 rings (SSSR count). The van der Waals surface area contributed by atoms with Gasteiger partial charge >= 0.3 is 0 Å². The zero-order valence-corrected chi connectivity index (χ0v) is 14.6. The quantitative estimate of drug-likeness (QED) is 0.864. The van der Waals surface area contributed by atoms with E-state index >= 15 is 0 Å². The summed E-state index contributed by atoms with van der Waals surface area (Å²) in [7, 11) is -1.90. The first-order valence-electron chi connectivity index (χ1n) is 7.86. The van der Waals surface area contributed by atoms with Crippen molar-refractivity contribution in [3.8, 4) is 0 Å². The molecule has 0 radical (unpaired) electrons. The summed E-state index contributed by atoms with van der Waals surface area (Å²) in [6.45, 7) is 3.47. The van der Waals surface area contributed by atoms with E-state index in [0.717, 1.165) is 42.0 Å². The molecule has 0 atom stereocenters. The Labute approximate surface area is 142 Å². The van der Waals surface area contributed by atoms with Crippen molar-refractivity contribution in [1.82, 2.24) is 9.97 Å². The second-order valence-corrected chi connectivity index (χ2v) is 7.35. The molecule has 1 aliphatic rings. The molecular weight excluding hydrogens is 326 g/mol. The number of nitrogens with zero attached hydrogens (tertiary/aromatic N) is 3. The smallest absolute Gasteiger partial charge is 0.238 e. The van der Waals surface area contributed by atoms with Gasteiger partial charge in [0.25, 0.3) is 0 Å². The van der Waals surface area contributed by atoms with Crippen LogP contribution in [0, 0.1) is 0 Å². The number of nitrogens with one attached hydrogen (secondary N) is 1. The predicted molar refractivity (Wildman–Crippen MR) is 93.5 cm³/mol. The van der Waals surface area contributed by atoms with Crippen molar-refractivity contribution in [2.45, 2.75) is 31.2 Å². The minimum absolute atomic E-state index is 0.149. The molecule has 0 aliphatic carbocycles. The molecule has 0 unspecified atom stereocenters. The van der Waals surface area contributed by atoms with Gasteiger partial charge in [0.05, 0.1) is 4.90 Å². The van der Waals surface area contributed by atoms with Crippen LogP contribution in [0.4, 0.5) is 11.8 Å². The van der Waals surface area contributed by atoms with E-state index in [-0.39, 0.29) is 4.90 Å². The minimum atomic E-state index is -3.69. The standard InChI is InChI=1S/C16H21N5O2S/c1-3-13-9-15(20-16(18-2)19-13)21-7-6-11-4-5-14(24(17,22)23)8-12(11)10-21/h4-5,8-9H,3,6-7,10H2,1-2H3,(H2,17,22,23)(H,18,19,20). The first-order valence-corrected chi connectivity index (χ1v) is 9.40. The Hall–Kier alpha value is -2.19. The maximum absolute atomic E-state index is 11.6. The molecular formula is C16H21N5O2S. The van der Waals surface area contributed by atoms with Crippen LogP contribution in [0.3, 0.4) is 0 Å². The molecule has 7 nitrogen and oxygen atoms in total. The highest BCUT2D eigenvalue weighted by Crippen LogP contribution is 2.26. The summed E-state index contributed by atoms with van der Waals surface area (Å²) in [4.78, 5) is 11.2. The fourth-order valence-electron chi connectivity index (χ4n) is 2.84. The van der Waals surface area contributed by atoms with Gasteiger partial charge < -0.3 is 10.2 Å². The third kappa shape index (κ3) is 3.34. The van der Waals surface area contributed by atoms with Crippen molar-refractivity contribution in [2.24, 2.45) is 5.14 Å². The predicted octanol–water partition coefficient (Wildman–Crippen LogP) is 1.29. The third-order valence-corrected chi connectivity index (χ3v) is 5.11. The summed E-state index contributed by atoms with van der Waals surface area (Å²) >= 11 is 0. The fraction of sp³-hybridized carbons (Fsp3) is 0.375. The maximum atomic E-state index is 11.6. The molecule has 8 heteroatoms. The highest BCUT2D eigenvalue weighted by Gasteiger charge is 2.20. The molecule has 24 heavy (non-hydrogen) atoms. The summed E-state index contributed by atoms with van der Waals surface area (Å²) in [6, 6.07) is 7.07. The highest BCUT2D eigenvalue weighted by atomic mass is 32.2. The fourth-order valence-corrected chi connectivity index (χ4v) is 3.41. The monoisotopic (exact) mass is 347 g/mol. The lowest BCUT2D eigenvalue weighted by Crippen LogP contribution is -2.31. The number of aromatic nitrogens is 2. The topological polar surface area (TPSA) is 101 Å². The van der Waals surface area contributed by atoms with Gasteiger partial charge in [0, 0.05) is 31.9 Å². The molecule has 1 aromatic carbocycles. The van der Waals surface area contributed by atoms with E-state index in [1.54, 1.807) is 19.2 Å². The van der Waals surface area contributed by atoms with Crippen molar-refractivity contribution in [2.75, 3.05) is 23.8 Å². The van der Waals surface area contributed by atoms with Crippen LogP contribution in [0.25, 0.3) is 0 Å². The Morgan fingerprint density at radius 1 is 1.25 bits per heavy atom. The Morgan fingerprint density at radius 3 is 2.71 bits per heavy atom. The van der Waals surface area contributed by atoms with Crippen LogP contribution in [0.15, 0.2) is 29.2 Å². The van der Waals surface area contributed by atoms with E-state index in [4.69, 9.17) is 5.14 Å². The minimum Gasteiger partial charge on any atom is -0.357 e. The normalized spacial score (nSPS) is 14.4. The van der Waals surface area contributed by atoms with E-state index in [2.05, 4.69) is 27.1 Å². The van der Waals surface area contributed by atoms with E-state index in [0.29, 0.717) is 12.5 Å². The van der Waals surface area contributed by atoms with Crippen molar-refractivity contribution in [3.63, 3.8) is 0 Å². The number of rotatable bonds is 4. The number of fused-ring (bicyclic) bond motifs is 1. The van der Waals surface area contributed by atoms with Crippen LogP contribution in [0.5, 0.6) is 0 Å². The molecule has 2 aromatic rings. The number of anilines is 2. The van der Waals surface area contributed by atoms with Crippen LogP contribution in [-0.2, 0) is 29.4 Å². The summed E-state index contributed by atoms with van der Waals surface area (Å²) in [6.07, 6.45) is 1.66. The number of benzene rings is 1. The van der Waals surface area contributed by atoms with Gasteiger partial charge in [0.2, 0.25) is 16.0 Å². The van der Waals surface area contributed by atoms with Gasteiger partial charge in [-0.25, -0.2) is 18.5 Å². The van der Waals surface area contributed by atoms with Crippen molar-refractivity contribution < 1.29 is 8.42 Å². The third-order valence-electron chi connectivity index (χ3n) is 4.19. The van der Waals surface area contributed by atoms with Crippen LogP contribution in [0.2, 0.25) is 0 Å². The molecule has 0 saturated heterocycles. The molecule has 1 aromatic heterocycles. The first-order chi connectivity index (χ1) is 11.4. The van der Waals surface area contributed by atoms with E-state index in [1.165, 1.54) is 0 Å². The van der Waals surface area contributed by atoms with Gasteiger partial charge in [0.15, 0.2) is 0 Å². The van der Waals surface area contributed by atoms with E-state index in [9.17, 15) is 8.42 Å². The number of sulfonamides is 1. The van der Waals surface area contributed by atoms with Gasteiger partial charge in [-0.1, -0.05) is 13.0 Å². The molecule has 128 valence electrons. The summed E-state index contributed by atoms with van der Waals surface area (Å²) in [5.41, 5.74) is 3.08. The zero-order valence-electron chi connectivity index (χ0n) is 13.8. The Morgan fingerprint density at radius 2 is 2.04 bits per heavy atom. The van der Waals surface area contributed by atoms with Gasteiger partial charge in [0.1, 0.15) is 5.82 Å². The molecule has 3 N–H and O–H groups in total. The summed E-state index contributed by atoms with van der Waals surface area (Å²) in [5.74, 6) is 1.44. The highest BCUT2D eigenvalue weighted by molar-refractivity contribution is 7.89. The summed E-state index contributed by atoms with van der Waals surface area (Å²) in [5, 5.41) is 8.23. The molecule has 1 aliphatic heterocycles. The number of hydrogen-bond acceptors (Lipinski definition) is 6. The van der Waals surface area contributed by atoms with Crippen molar-refractivity contribution in [1.29, 1.82) is 0 Å². The number of nitrogens with two attached hydrogens (primary N) is 1. The van der Waals surface area contributed by atoms with Crippen molar-refractivity contribution in [3.05, 3.63) is 41.1 Å². The Kier molecular flexibility index (Phi) is 4.42. The van der Waals surface area contributed by atoms with Gasteiger partial charge in [-0.2, -0.15) is 4.98 Å². The Balaban J connectivity index is 1.94. The van der Waals surface area contributed by atoms with Crippen LogP contribution in [-0.4, -0.2) is 32.0 Å². The molecule has 0 bridgehead atoms. The number of hydrogen-bond donors (Lipinski definition) is 2. The van der Waals surface area contributed by atoms with Gasteiger partial charge in [-0.3, -0.25) is 0 Å². The molecule has 0 saturated carbocycles. The molecule has 0 amide bonds. The van der Waals surface area contributed by atoms with E-state index < -0.39 is 10.0 Å². The van der Waals surface area contributed by atoms with Crippen LogP contribution >= 0.6 is 0 Å². The lowest BCUT2D eigenvalue weighted by Gasteiger charge is -2.30. The molecule has 2 heterocycles. The van der Waals surface area contributed by atoms with E-state index in [1.807, 2.05) is 12.1 Å². The number of primary sulfonamides is 1. The maximum Gasteiger partial charge on any atom is 0.238 e. The number of aryl methyl sites for hydroxylation is 1. The van der Waals surface area contributed by atoms with Crippen LogP contribution < -0.4 is 15.4 Å². The molecule has 0 fully saturated rings. The van der Waals surface area contributed by atoms with Gasteiger partial charge in [-0.15, -0.1) is 0 Å². The average Bonchev–Trinajstić information content (AvgIpc) is 2.59. The Bertz CT molecular complexity index is 845. The lowest BCUT2D eigenvalue weighted by molar-refractivity contribution is 0.597. The largest absolute Gasteiger partial charge is 0.357 e. The van der Waals surface area contributed by atoms with Crippen molar-refractivity contribution >= 4 is 21.8 Å². The lowest BCUT2D eigenvalue weighted by atomic mass is 10.00. The van der Waals surface area contributed by atoms with Crippen LogP contribution in [0.1, 0.15) is 23.7 Å². The molecule has 0 spiro atoms.